The first-order valence-corrected chi connectivity index (χ1v) is 8.53. The molecular formula is C20H14F3N3O3. The number of pyridine rings is 1. The van der Waals surface area contributed by atoms with E-state index in [9.17, 15) is 18.0 Å². The second-order valence-electron chi connectivity index (χ2n) is 6.12. The third-order valence-electron chi connectivity index (χ3n) is 4.16. The van der Waals surface area contributed by atoms with Gasteiger partial charge in [0.15, 0.2) is 17.8 Å². The number of carbonyl (C=O) groups excluding carboxylic acids is 1. The minimum atomic E-state index is -4.46. The number of anilines is 2. The van der Waals surface area contributed by atoms with Gasteiger partial charge in [-0.05, 0) is 42.5 Å². The first-order valence-electron chi connectivity index (χ1n) is 8.53. The van der Waals surface area contributed by atoms with Gasteiger partial charge in [-0.25, -0.2) is 9.78 Å². The Morgan fingerprint density at radius 1 is 1.07 bits per heavy atom. The molecule has 1 aromatic heterocycles. The smallest absolute Gasteiger partial charge is 0.417 e. The summed E-state index contributed by atoms with van der Waals surface area (Å²) in [4.78, 5) is 16.4. The number of fused-ring (bicyclic) bond motifs is 1. The lowest BCUT2D eigenvalue weighted by molar-refractivity contribution is -0.137. The lowest BCUT2D eigenvalue weighted by atomic mass is 10.1. The molecule has 1 unspecified atom stereocenters. The molecule has 0 saturated heterocycles. The minimum absolute atomic E-state index is 0.0140. The van der Waals surface area contributed by atoms with Crippen molar-refractivity contribution in [2.24, 2.45) is 0 Å². The van der Waals surface area contributed by atoms with Gasteiger partial charge in [0.25, 0.3) is 0 Å². The average Bonchev–Trinajstić information content (AvgIpc) is 3.12. The number of halogens is 3. The monoisotopic (exact) mass is 401 g/mol. The van der Waals surface area contributed by atoms with Gasteiger partial charge < -0.3 is 14.8 Å². The van der Waals surface area contributed by atoms with Crippen molar-refractivity contribution >= 4 is 17.6 Å². The molecule has 0 spiro atoms. The Kier molecular flexibility index (Phi) is 4.71. The molecule has 2 aromatic carbocycles. The van der Waals surface area contributed by atoms with Crippen LogP contribution in [-0.4, -0.2) is 11.1 Å². The summed E-state index contributed by atoms with van der Waals surface area (Å²) in [5.41, 5.74) is 0.234. The fourth-order valence-electron chi connectivity index (χ4n) is 2.81. The molecule has 0 bridgehead atoms. The highest BCUT2D eigenvalue weighted by atomic mass is 19.4. The Labute approximate surface area is 163 Å². The van der Waals surface area contributed by atoms with E-state index >= 15 is 0 Å². The zero-order valence-corrected chi connectivity index (χ0v) is 14.7. The number of benzene rings is 2. The van der Waals surface area contributed by atoms with Crippen LogP contribution in [0.4, 0.5) is 29.5 Å². The number of para-hydroxylation sites is 1. The van der Waals surface area contributed by atoms with E-state index in [1.54, 1.807) is 42.6 Å². The van der Waals surface area contributed by atoms with Gasteiger partial charge in [0, 0.05) is 11.8 Å². The predicted octanol–water partition coefficient (Wildman–Crippen LogP) is 5.21. The molecule has 9 heteroatoms. The molecule has 0 saturated carbocycles. The van der Waals surface area contributed by atoms with Crippen LogP contribution in [0.5, 0.6) is 11.5 Å². The maximum absolute atomic E-state index is 12.6. The quantitative estimate of drug-likeness (QED) is 0.630. The van der Waals surface area contributed by atoms with Crippen LogP contribution in [0, 0.1) is 0 Å². The normalized spacial score (nSPS) is 15.1. The van der Waals surface area contributed by atoms with Crippen LogP contribution < -0.4 is 20.1 Å². The van der Waals surface area contributed by atoms with Crippen LogP contribution in [0.15, 0.2) is 66.9 Å². The standard InChI is InChI=1S/C20H14F3N3O3/c21-20(22,23)12-7-9-13(10-8-12)28-19(27)25-15-5-2-1-4-14(15)18-26-17-16(29-18)6-3-11-24-17/h1-11,18H,(H,24,26)(H,25,27). The van der Waals surface area contributed by atoms with E-state index in [4.69, 9.17) is 9.47 Å². The van der Waals surface area contributed by atoms with Gasteiger partial charge in [0.1, 0.15) is 5.75 Å². The summed E-state index contributed by atoms with van der Waals surface area (Å²) in [5.74, 6) is 1.15. The highest BCUT2D eigenvalue weighted by molar-refractivity contribution is 5.87. The van der Waals surface area contributed by atoms with Gasteiger partial charge in [-0.1, -0.05) is 18.2 Å². The Bertz CT molecular complexity index is 1010. The Morgan fingerprint density at radius 3 is 2.55 bits per heavy atom. The van der Waals surface area contributed by atoms with Crippen molar-refractivity contribution in [3.8, 4) is 11.5 Å². The summed E-state index contributed by atoms with van der Waals surface area (Å²) < 4.78 is 48.7. The SMILES string of the molecule is O=C(Nc1ccccc1C1Nc2ncccc2O1)Oc1ccc(C(F)(F)F)cc1. The van der Waals surface area contributed by atoms with Crippen molar-refractivity contribution in [3.05, 3.63) is 78.0 Å². The molecule has 1 atom stereocenters. The molecule has 1 aliphatic rings. The Hall–Kier alpha value is -3.75. The number of nitrogens with zero attached hydrogens (tertiary/aromatic N) is 1. The molecule has 2 N–H and O–H groups in total. The predicted molar refractivity (Wildman–Crippen MR) is 98.8 cm³/mol. The highest BCUT2D eigenvalue weighted by Crippen LogP contribution is 2.38. The minimum Gasteiger partial charge on any atom is -0.462 e. The maximum atomic E-state index is 12.6. The fraction of sp³-hybridized carbons (Fsp3) is 0.100. The van der Waals surface area contributed by atoms with Crippen LogP contribution >= 0.6 is 0 Å². The number of alkyl halides is 3. The summed E-state index contributed by atoms with van der Waals surface area (Å²) in [5, 5.41) is 5.69. The largest absolute Gasteiger partial charge is 0.462 e. The van der Waals surface area contributed by atoms with Crippen LogP contribution in [-0.2, 0) is 6.18 Å². The van der Waals surface area contributed by atoms with E-state index in [1.165, 1.54) is 0 Å². The molecule has 2 heterocycles. The Morgan fingerprint density at radius 2 is 1.83 bits per heavy atom. The maximum Gasteiger partial charge on any atom is 0.417 e. The average molecular weight is 401 g/mol. The summed E-state index contributed by atoms with van der Waals surface area (Å²) in [6.07, 6.45) is -4.24. The van der Waals surface area contributed by atoms with Crippen molar-refractivity contribution in [2.75, 3.05) is 10.6 Å². The molecule has 0 aliphatic carbocycles. The molecule has 4 rings (SSSR count). The number of hydrogen-bond acceptors (Lipinski definition) is 5. The molecule has 6 nitrogen and oxygen atoms in total. The summed E-state index contributed by atoms with van der Waals surface area (Å²) in [7, 11) is 0. The lowest BCUT2D eigenvalue weighted by Crippen LogP contribution is -2.20. The molecule has 1 amide bonds. The van der Waals surface area contributed by atoms with Crippen LogP contribution in [0.25, 0.3) is 0 Å². The zero-order chi connectivity index (χ0) is 20.4. The van der Waals surface area contributed by atoms with Crippen molar-refractivity contribution in [3.63, 3.8) is 0 Å². The topological polar surface area (TPSA) is 72.5 Å². The van der Waals surface area contributed by atoms with Crippen LogP contribution in [0.3, 0.4) is 0 Å². The van der Waals surface area contributed by atoms with Crippen molar-refractivity contribution in [1.82, 2.24) is 4.98 Å². The third-order valence-corrected chi connectivity index (χ3v) is 4.16. The molecule has 3 aromatic rings. The number of ether oxygens (including phenoxy) is 2. The number of rotatable bonds is 3. The van der Waals surface area contributed by atoms with E-state index in [2.05, 4.69) is 15.6 Å². The van der Waals surface area contributed by atoms with E-state index < -0.39 is 24.1 Å². The summed E-state index contributed by atoms with van der Waals surface area (Å²) in [6.45, 7) is 0. The van der Waals surface area contributed by atoms with Crippen molar-refractivity contribution in [1.29, 1.82) is 0 Å². The number of hydrogen-bond donors (Lipinski definition) is 2. The second-order valence-corrected chi connectivity index (χ2v) is 6.12. The number of nitrogens with one attached hydrogen (secondary N) is 2. The zero-order valence-electron chi connectivity index (χ0n) is 14.7. The van der Waals surface area contributed by atoms with E-state index in [0.717, 1.165) is 24.3 Å². The van der Waals surface area contributed by atoms with Gasteiger partial charge >= 0.3 is 12.3 Å². The molecule has 0 radical (unpaired) electrons. The number of amides is 1. The van der Waals surface area contributed by atoms with Gasteiger partial charge in [0.05, 0.1) is 11.3 Å². The number of carbonyl (C=O) groups is 1. The van der Waals surface area contributed by atoms with Gasteiger partial charge in [0.2, 0.25) is 0 Å². The van der Waals surface area contributed by atoms with Gasteiger partial charge in [-0.15, -0.1) is 0 Å². The molecular weight excluding hydrogens is 387 g/mol. The van der Waals surface area contributed by atoms with E-state index in [1.807, 2.05) is 0 Å². The molecule has 148 valence electrons. The molecule has 1 aliphatic heterocycles. The van der Waals surface area contributed by atoms with Crippen molar-refractivity contribution in [2.45, 2.75) is 12.4 Å². The van der Waals surface area contributed by atoms with Crippen molar-refractivity contribution < 1.29 is 27.4 Å². The van der Waals surface area contributed by atoms with Gasteiger partial charge in [-0.2, -0.15) is 13.2 Å². The lowest BCUT2D eigenvalue weighted by Gasteiger charge is -2.16. The third kappa shape index (κ3) is 4.08. The summed E-state index contributed by atoms with van der Waals surface area (Å²) >= 11 is 0. The number of aromatic nitrogens is 1. The Balaban J connectivity index is 1.46. The van der Waals surface area contributed by atoms with Crippen LogP contribution in [0.2, 0.25) is 0 Å². The first-order chi connectivity index (χ1) is 13.9. The highest BCUT2D eigenvalue weighted by Gasteiger charge is 2.30. The molecule has 29 heavy (non-hydrogen) atoms. The summed E-state index contributed by atoms with van der Waals surface area (Å²) in [6, 6.07) is 14.3. The van der Waals surface area contributed by atoms with Gasteiger partial charge in [-0.3, -0.25) is 5.32 Å². The van der Waals surface area contributed by atoms with Crippen LogP contribution in [0.1, 0.15) is 17.4 Å². The van der Waals surface area contributed by atoms with E-state index in [0.29, 0.717) is 22.8 Å². The molecule has 0 fully saturated rings. The second kappa shape index (κ2) is 7.34. The van der Waals surface area contributed by atoms with E-state index in [-0.39, 0.29) is 5.75 Å². The first kappa shape index (κ1) is 18.6. The fourth-order valence-corrected chi connectivity index (χ4v) is 2.81.